The van der Waals surface area contributed by atoms with Crippen LogP contribution in [0.3, 0.4) is 0 Å². The van der Waals surface area contributed by atoms with Crippen molar-refractivity contribution < 1.29 is 24.2 Å². The molecule has 2 N–H and O–H groups in total. The molecule has 26 heavy (non-hydrogen) atoms. The highest BCUT2D eigenvalue weighted by Gasteiger charge is 2.36. The molecule has 1 amide bonds. The van der Waals surface area contributed by atoms with Crippen molar-refractivity contribution in [3.63, 3.8) is 0 Å². The molecule has 0 radical (unpaired) electrons. The number of hydrogen-bond donors (Lipinski definition) is 2. The summed E-state index contributed by atoms with van der Waals surface area (Å²) >= 11 is 1.41. The number of carbonyl (C=O) groups excluding carboxylic acids is 2. The zero-order valence-corrected chi connectivity index (χ0v) is 15.7. The van der Waals surface area contributed by atoms with Gasteiger partial charge in [-0.05, 0) is 43.6 Å². The van der Waals surface area contributed by atoms with Crippen molar-refractivity contribution in [1.82, 2.24) is 0 Å². The summed E-state index contributed by atoms with van der Waals surface area (Å²) in [5.74, 6) is -2.61. The van der Waals surface area contributed by atoms with Crippen molar-refractivity contribution in [2.75, 3.05) is 12.4 Å². The molecule has 2 aliphatic rings. The third kappa shape index (κ3) is 3.53. The van der Waals surface area contributed by atoms with E-state index >= 15 is 0 Å². The van der Waals surface area contributed by atoms with Gasteiger partial charge in [0.25, 0.3) is 0 Å². The predicted molar refractivity (Wildman–Crippen MR) is 98.5 cm³/mol. The van der Waals surface area contributed by atoms with Crippen LogP contribution in [0.5, 0.6) is 0 Å². The second-order valence-corrected chi connectivity index (χ2v) is 8.14. The Morgan fingerprint density at radius 1 is 1.23 bits per heavy atom. The molecular formula is C19H23NO5S. The third-order valence-electron chi connectivity index (χ3n) is 5.22. The molecule has 6 nitrogen and oxygen atoms in total. The zero-order valence-electron chi connectivity index (χ0n) is 14.9. The van der Waals surface area contributed by atoms with E-state index in [0.29, 0.717) is 29.3 Å². The van der Waals surface area contributed by atoms with Gasteiger partial charge in [-0.1, -0.05) is 19.1 Å². The molecule has 0 bridgehead atoms. The molecule has 0 fully saturated rings. The summed E-state index contributed by atoms with van der Waals surface area (Å²) in [6.45, 7) is 2.17. The van der Waals surface area contributed by atoms with E-state index in [1.54, 1.807) is 6.08 Å². The molecule has 0 saturated heterocycles. The number of thiophene rings is 1. The molecule has 0 aromatic carbocycles. The minimum Gasteiger partial charge on any atom is -0.481 e. The Morgan fingerprint density at radius 3 is 2.58 bits per heavy atom. The van der Waals surface area contributed by atoms with E-state index in [9.17, 15) is 19.5 Å². The normalized spacial score (nSPS) is 24.6. The lowest BCUT2D eigenvalue weighted by Crippen LogP contribution is -2.34. The minimum atomic E-state index is -0.970. The Labute approximate surface area is 156 Å². The van der Waals surface area contributed by atoms with E-state index in [1.165, 1.54) is 18.4 Å². The van der Waals surface area contributed by atoms with E-state index < -0.39 is 23.8 Å². The Hall–Kier alpha value is -2.15. The summed E-state index contributed by atoms with van der Waals surface area (Å²) in [6, 6.07) is 0. The predicted octanol–water partition coefficient (Wildman–Crippen LogP) is 3.27. The first-order valence-electron chi connectivity index (χ1n) is 8.83. The number of aliphatic carboxylic acids is 1. The van der Waals surface area contributed by atoms with Crippen LogP contribution >= 0.6 is 11.3 Å². The molecule has 0 saturated carbocycles. The van der Waals surface area contributed by atoms with Crippen LogP contribution in [0.25, 0.3) is 0 Å². The number of esters is 1. The van der Waals surface area contributed by atoms with Crippen LogP contribution in [0.1, 0.15) is 47.0 Å². The van der Waals surface area contributed by atoms with E-state index in [0.717, 1.165) is 29.7 Å². The van der Waals surface area contributed by atoms with Crippen molar-refractivity contribution >= 4 is 34.2 Å². The molecule has 1 heterocycles. The third-order valence-corrected chi connectivity index (χ3v) is 6.39. The van der Waals surface area contributed by atoms with Crippen molar-refractivity contribution in [2.24, 2.45) is 17.8 Å². The lowest BCUT2D eigenvalue weighted by molar-refractivity contribution is -0.146. The first-order chi connectivity index (χ1) is 12.4. The molecule has 1 aromatic rings. The van der Waals surface area contributed by atoms with Crippen molar-refractivity contribution in [1.29, 1.82) is 0 Å². The van der Waals surface area contributed by atoms with E-state index in [1.807, 2.05) is 6.08 Å². The van der Waals surface area contributed by atoms with E-state index in [4.69, 9.17) is 4.74 Å². The lowest BCUT2D eigenvalue weighted by Gasteiger charge is -2.24. The molecule has 2 aliphatic carbocycles. The minimum absolute atomic E-state index is 0.343. The lowest BCUT2D eigenvalue weighted by atomic mass is 9.82. The number of nitrogens with one attached hydrogen (secondary N) is 1. The zero-order chi connectivity index (χ0) is 18.8. The number of carbonyl (C=O) groups is 3. The maximum Gasteiger partial charge on any atom is 0.341 e. The van der Waals surface area contributed by atoms with Crippen LogP contribution in [0.2, 0.25) is 0 Å². The Bertz CT molecular complexity index is 766. The van der Waals surface area contributed by atoms with Crippen molar-refractivity contribution in [2.45, 2.75) is 39.0 Å². The van der Waals surface area contributed by atoms with Gasteiger partial charge in [-0.15, -0.1) is 11.3 Å². The summed E-state index contributed by atoms with van der Waals surface area (Å²) in [4.78, 5) is 37.6. The first-order valence-corrected chi connectivity index (χ1v) is 9.65. The molecule has 140 valence electrons. The number of anilines is 1. The standard InChI is InChI=1S/C19H23NO5S/c1-10-7-8-13-14(9-10)26-17(15(13)19(24)25-2)20-16(21)11-5-3-4-6-12(11)18(22)23/h3-4,10-12H,5-9H2,1-2H3,(H,20,21)(H,22,23)/t10-,11-,12-/m0/s1. The summed E-state index contributed by atoms with van der Waals surface area (Å²) < 4.78 is 4.93. The summed E-state index contributed by atoms with van der Waals surface area (Å²) in [5.41, 5.74) is 1.40. The van der Waals surface area contributed by atoms with Crippen LogP contribution < -0.4 is 5.32 Å². The number of carboxylic acids is 1. The number of rotatable bonds is 4. The van der Waals surface area contributed by atoms with Crippen LogP contribution in [0, 0.1) is 17.8 Å². The van der Waals surface area contributed by atoms with E-state index in [-0.39, 0.29) is 5.91 Å². The fraction of sp³-hybridized carbons (Fsp3) is 0.526. The highest BCUT2D eigenvalue weighted by atomic mass is 32.1. The molecule has 1 aromatic heterocycles. The van der Waals surface area contributed by atoms with Crippen LogP contribution in [-0.2, 0) is 27.2 Å². The van der Waals surface area contributed by atoms with Gasteiger partial charge in [-0.2, -0.15) is 0 Å². The first kappa shape index (κ1) is 18.6. The highest BCUT2D eigenvalue weighted by molar-refractivity contribution is 7.17. The maximum absolute atomic E-state index is 12.8. The summed E-state index contributed by atoms with van der Waals surface area (Å²) in [7, 11) is 1.33. The van der Waals surface area contributed by atoms with Gasteiger partial charge < -0.3 is 15.2 Å². The molecule has 7 heteroatoms. The molecule has 3 rings (SSSR count). The number of hydrogen-bond acceptors (Lipinski definition) is 5. The SMILES string of the molecule is COC(=O)c1c(NC(=O)[C@H]2CC=CC[C@@H]2C(=O)O)sc2c1CC[C@H](C)C2. The molecular weight excluding hydrogens is 354 g/mol. The summed E-state index contributed by atoms with van der Waals surface area (Å²) in [5, 5.41) is 12.7. The smallest absolute Gasteiger partial charge is 0.341 e. The van der Waals surface area contributed by atoms with Crippen molar-refractivity contribution in [3.05, 3.63) is 28.2 Å². The number of allylic oxidation sites excluding steroid dienone is 2. The number of ether oxygens (including phenoxy) is 1. The Kier molecular flexibility index (Phi) is 5.46. The van der Waals surface area contributed by atoms with Gasteiger partial charge in [-0.25, -0.2) is 4.79 Å². The largest absolute Gasteiger partial charge is 0.481 e. The van der Waals surface area contributed by atoms with Gasteiger partial charge in [0, 0.05) is 4.88 Å². The topological polar surface area (TPSA) is 92.7 Å². The second kappa shape index (κ2) is 7.61. The number of fused-ring (bicyclic) bond motifs is 1. The molecule has 0 unspecified atom stereocenters. The molecule has 0 aliphatic heterocycles. The average molecular weight is 377 g/mol. The van der Waals surface area contributed by atoms with Gasteiger partial charge in [0.15, 0.2) is 0 Å². The quantitative estimate of drug-likeness (QED) is 0.621. The number of carboxylic acid groups (broad SMARTS) is 1. The van der Waals surface area contributed by atoms with Gasteiger partial charge in [0.1, 0.15) is 5.00 Å². The van der Waals surface area contributed by atoms with Gasteiger partial charge in [0.05, 0.1) is 24.5 Å². The van der Waals surface area contributed by atoms with Crippen LogP contribution in [0.15, 0.2) is 12.2 Å². The van der Waals surface area contributed by atoms with Crippen molar-refractivity contribution in [3.8, 4) is 0 Å². The molecule has 3 atom stereocenters. The van der Waals surface area contributed by atoms with Gasteiger partial charge in [-0.3, -0.25) is 9.59 Å². The Balaban J connectivity index is 1.89. The van der Waals surface area contributed by atoms with E-state index in [2.05, 4.69) is 12.2 Å². The fourth-order valence-corrected chi connectivity index (χ4v) is 5.14. The Morgan fingerprint density at radius 2 is 1.92 bits per heavy atom. The number of methoxy groups -OCH3 is 1. The van der Waals surface area contributed by atoms with Crippen LogP contribution in [0.4, 0.5) is 5.00 Å². The fourth-order valence-electron chi connectivity index (χ4n) is 3.74. The second-order valence-electron chi connectivity index (χ2n) is 7.03. The van der Waals surface area contributed by atoms with Crippen LogP contribution in [-0.4, -0.2) is 30.1 Å². The average Bonchev–Trinajstić information content (AvgIpc) is 2.97. The maximum atomic E-state index is 12.8. The molecule has 0 spiro atoms. The van der Waals surface area contributed by atoms with Gasteiger partial charge >= 0.3 is 11.9 Å². The highest BCUT2D eigenvalue weighted by Crippen LogP contribution is 2.40. The van der Waals surface area contributed by atoms with Gasteiger partial charge in [0.2, 0.25) is 5.91 Å². The monoisotopic (exact) mass is 377 g/mol. The summed E-state index contributed by atoms with van der Waals surface area (Å²) in [6.07, 6.45) is 7.03. The number of amides is 1.